The van der Waals surface area contributed by atoms with Crippen molar-refractivity contribution < 1.29 is 8.42 Å². The third kappa shape index (κ3) is 2.95. The molecule has 4 heteroatoms. The molecule has 1 N–H and O–H groups in total. The van der Waals surface area contributed by atoms with E-state index in [0.29, 0.717) is 17.5 Å². The van der Waals surface area contributed by atoms with Gasteiger partial charge in [-0.15, -0.1) is 0 Å². The lowest BCUT2D eigenvalue weighted by Crippen LogP contribution is -2.38. The molecule has 1 saturated carbocycles. The highest BCUT2D eigenvalue weighted by molar-refractivity contribution is 7.91. The van der Waals surface area contributed by atoms with Crippen LogP contribution in [-0.2, 0) is 9.84 Å². The van der Waals surface area contributed by atoms with Gasteiger partial charge in [0.25, 0.3) is 0 Å². The minimum Gasteiger partial charge on any atom is -0.314 e. The molecule has 0 bridgehead atoms. The Hall–Kier alpha value is -0.0900. The average Bonchev–Trinajstić information content (AvgIpc) is 2.86. The van der Waals surface area contributed by atoms with Crippen LogP contribution in [0.2, 0.25) is 0 Å². The summed E-state index contributed by atoms with van der Waals surface area (Å²) in [5.41, 5.74) is 0. The quantitative estimate of drug-likeness (QED) is 0.729. The highest BCUT2D eigenvalue weighted by Gasteiger charge is 2.26. The van der Waals surface area contributed by atoms with Gasteiger partial charge in [-0.2, -0.15) is 0 Å². The molecule has 0 spiro atoms. The summed E-state index contributed by atoms with van der Waals surface area (Å²) in [6.45, 7) is 1.10. The van der Waals surface area contributed by atoms with Gasteiger partial charge in [-0.25, -0.2) is 8.42 Å². The zero-order valence-electron chi connectivity index (χ0n) is 7.83. The molecule has 2 fully saturated rings. The molecule has 1 aliphatic heterocycles. The Labute approximate surface area is 79.8 Å². The Morgan fingerprint density at radius 3 is 2.23 bits per heavy atom. The number of hydrogen-bond acceptors (Lipinski definition) is 3. The summed E-state index contributed by atoms with van der Waals surface area (Å²) in [7, 11) is -2.68. The summed E-state index contributed by atoms with van der Waals surface area (Å²) in [6.07, 6.45) is 4.35. The maximum atomic E-state index is 11.1. The van der Waals surface area contributed by atoms with Crippen molar-refractivity contribution in [1.82, 2.24) is 5.32 Å². The van der Waals surface area contributed by atoms with Crippen LogP contribution in [0, 0.1) is 5.92 Å². The fourth-order valence-electron chi connectivity index (χ4n) is 1.75. The van der Waals surface area contributed by atoms with Crippen molar-refractivity contribution in [2.45, 2.75) is 31.7 Å². The predicted molar refractivity (Wildman–Crippen MR) is 52.4 cm³/mol. The SMILES string of the molecule is O=S1(=O)CCC(NCC2CC2)CC1. The van der Waals surface area contributed by atoms with Gasteiger partial charge in [0.2, 0.25) is 0 Å². The van der Waals surface area contributed by atoms with Crippen LogP contribution in [0.25, 0.3) is 0 Å². The molecule has 76 valence electrons. The second kappa shape index (κ2) is 3.58. The summed E-state index contributed by atoms with van der Waals surface area (Å²) in [5.74, 6) is 1.66. The first-order valence-electron chi connectivity index (χ1n) is 5.09. The molecule has 0 aromatic heterocycles. The van der Waals surface area contributed by atoms with Gasteiger partial charge in [-0.05, 0) is 38.1 Å². The molecule has 0 atom stereocenters. The van der Waals surface area contributed by atoms with Crippen LogP contribution in [0.1, 0.15) is 25.7 Å². The van der Waals surface area contributed by atoms with E-state index in [9.17, 15) is 8.42 Å². The van der Waals surface area contributed by atoms with E-state index in [0.717, 1.165) is 25.3 Å². The van der Waals surface area contributed by atoms with E-state index in [4.69, 9.17) is 0 Å². The fraction of sp³-hybridized carbons (Fsp3) is 1.00. The number of hydrogen-bond donors (Lipinski definition) is 1. The smallest absolute Gasteiger partial charge is 0.150 e. The Morgan fingerprint density at radius 1 is 1.08 bits per heavy atom. The average molecular weight is 203 g/mol. The van der Waals surface area contributed by atoms with Gasteiger partial charge < -0.3 is 5.32 Å². The fourth-order valence-corrected chi connectivity index (χ4v) is 3.24. The van der Waals surface area contributed by atoms with Crippen molar-refractivity contribution >= 4 is 9.84 Å². The molecule has 3 nitrogen and oxygen atoms in total. The summed E-state index contributed by atoms with van der Waals surface area (Å²) < 4.78 is 22.2. The molecule has 0 unspecified atom stereocenters. The number of sulfone groups is 1. The van der Waals surface area contributed by atoms with Crippen molar-refractivity contribution in [2.24, 2.45) is 5.92 Å². The normalized spacial score (nSPS) is 28.9. The van der Waals surface area contributed by atoms with E-state index in [1.165, 1.54) is 12.8 Å². The monoisotopic (exact) mass is 203 g/mol. The first-order valence-corrected chi connectivity index (χ1v) is 6.92. The van der Waals surface area contributed by atoms with Crippen LogP contribution >= 0.6 is 0 Å². The molecule has 2 rings (SSSR count). The molecule has 0 radical (unpaired) electrons. The lowest BCUT2D eigenvalue weighted by molar-refractivity contribution is 0.454. The third-order valence-corrected chi connectivity index (χ3v) is 4.66. The van der Waals surface area contributed by atoms with Crippen LogP contribution < -0.4 is 5.32 Å². The number of rotatable bonds is 3. The molecule has 13 heavy (non-hydrogen) atoms. The largest absolute Gasteiger partial charge is 0.314 e. The maximum absolute atomic E-state index is 11.1. The zero-order valence-corrected chi connectivity index (χ0v) is 8.65. The molecule has 1 saturated heterocycles. The van der Waals surface area contributed by atoms with Gasteiger partial charge in [-0.1, -0.05) is 0 Å². The highest BCUT2D eigenvalue weighted by Crippen LogP contribution is 2.28. The Balaban J connectivity index is 1.71. The molecule has 0 amide bonds. The highest BCUT2D eigenvalue weighted by atomic mass is 32.2. The molecule has 0 aromatic carbocycles. The molecular formula is C9H17NO2S. The number of nitrogens with one attached hydrogen (secondary N) is 1. The van der Waals surface area contributed by atoms with Gasteiger partial charge in [0.1, 0.15) is 9.84 Å². The third-order valence-electron chi connectivity index (χ3n) is 2.95. The van der Waals surface area contributed by atoms with Gasteiger partial charge in [0.05, 0.1) is 11.5 Å². The van der Waals surface area contributed by atoms with E-state index in [2.05, 4.69) is 5.32 Å². The minimum atomic E-state index is -2.68. The van der Waals surface area contributed by atoms with E-state index >= 15 is 0 Å². The van der Waals surface area contributed by atoms with E-state index < -0.39 is 9.84 Å². The molecule has 1 heterocycles. The summed E-state index contributed by atoms with van der Waals surface area (Å²) in [6, 6.07) is 0.462. The first kappa shape index (κ1) is 9.46. The standard InChI is InChI=1S/C9H17NO2S/c11-13(12)5-3-9(4-6-13)10-7-8-1-2-8/h8-10H,1-7H2. The topological polar surface area (TPSA) is 46.2 Å². The first-order chi connectivity index (χ1) is 6.16. The lowest BCUT2D eigenvalue weighted by Gasteiger charge is -2.22. The lowest BCUT2D eigenvalue weighted by atomic mass is 10.1. The second-order valence-electron chi connectivity index (χ2n) is 4.28. The Bertz CT molecular complexity index is 255. The zero-order chi connectivity index (χ0) is 9.31. The van der Waals surface area contributed by atoms with Gasteiger partial charge in [0, 0.05) is 6.04 Å². The van der Waals surface area contributed by atoms with Crippen molar-refractivity contribution in [3.8, 4) is 0 Å². The van der Waals surface area contributed by atoms with Gasteiger partial charge in [0.15, 0.2) is 0 Å². The second-order valence-corrected chi connectivity index (χ2v) is 6.58. The van der Waals surface area contributed by atoms with E-state index in [1.807, 2.05) is 0 Å². The van der Waals surface area contributed by atoms with Crippen molar-refractivity contribution in [3.63, 3.8) is 0 Å². The molecule has 1 aliphatic carbocycles. The van der Waals surface area contributed by atoms with Crippen LogP contribution in [0.5, 0.6) is 0 Å². The summed E-state index contributed by atoms with van der Waals surface area (Å²) in [5, 5.41) is 3.46. The van der Waals surface area contributed by atoms with Crippen molar-refractivity contribution in [2.75, 3.05) is 18.1 Å². The Kier molecular flexibility index (Phi) is 2.60. The minimum absolute atomic E-state index is 0.384. The summed E-state index contributed by atoms with van der Waals surface area (Å²) >= 11 is 0. The van der Waals surface area contributed by atoms with Gasteiger partial charge in [-0.3, -0.25) is 0 Å². The predicted octanol–water partition coefficient (Wildman–Crippen LogP) is 0.563. The summed E-state index contributed by atoms with van der Waals surface area (Å²) in [4.78, 5) is 0. The van der Waals surface area contributed by atoms with Crippen LogP contribution in [0.4, 0.5) is 0 Å². The molecule has 2 aliphatic rings. The van der Waals surface area contributed by atoms with Crippen LogP contribution in [-0.4, -0.2) is 32.5 Å². The van der Waals surface area contributed by atoms with Crippen LogP contribution in [0.3, 0.4) is 0 Å². The molecular weight excluding hydrogens is 186 g/mol. The van der Waals surface area contributed by atoms with E-state index in [1.54, 1.807) is 0 Å². The van der Waals surface area contributed by atoms with Crippen LogP contribution in [0.15, 0.2) is 0 Å². The maximum Gasteiger partial charge on any atom is 0.150 e. The van der Waals surface area contributed by atoms with Crippen molar-refractivity contribution in [3.05, 3.63) is 0 Å². The van der Waals surface area contributed by atoms with E-state index in [-0.39, 0.29) is 0 Å². The van der Waals surface area contributed by atoms with Crippen molar-refractivity contribution in [1.29, 1.82) is 0 Å². The Morgan fingerprint density at radius 2 is 1.69 bits per heavy atom. The van der Waals surface area contributed by atoms with Gasteiger partial charge >= 0.3 is 0 Å². The molecule has 0 aromatic rings.